The molecule has 1 aromatic carbocycles. The fourth-order valence-corrected chi connectivity index (χ4v) is 2.71. The Hall–Kier alpha value is -1.55. The highest BCUT2D eigenvalue weighted by Gasteiger charge is 2.17. The standard InChI is InChI=1S/C14H19N3O/c1-10-16-13-7-12(15)4-5-14(13)17(10)8-11-3-2-6-18-9-11/h4-5,7,11H,2-3,6,8-9,15H2,1H3. The van der Waals surface area contributed by atoms with Gasteiger partial charge in [-0.25, -0.2) is 4.98 Å². The fraction of sp³-hybridized carbons (Fsp3) is 0.500. The Morgan fingerprint density at radius 3 is 3.17 bits per heavy atom. The number of hydrogen-bond donors (Lipinski definition) is 1. The number of nitrogen functional groups attached to an aromatic ring is 1. The van der Waals surface area contributed by atoms with Gasteiger partial charge < -0.3 is 15.0 Å². The molecule has 1 atom stereocenters. The van der Waals surface area contributed by atoms with Crippen LogP contribution in [0.3, 0.4) is 0 Å². The summed E-state index contributed by atoms with van der Waals surface area (Å²) in [4.78, 5) is 4.58. The molecule has 0 amide bonds. The number of ether oxygens (including phenoxy) is 1. The Balaban J connectivity index is 1.92. The summed E-state index contributed by atoms with van der Waals surface area (Å²) in [5, 5.41) is 0. The second-order valence-corrected chi connectivity index (χ2v) is 5.10. The first kappa shape index (κ1) is 11.5. The summed E-state index contributed by atoms with van der Waals surface area (Å²) in [7, 11) is 0. The molecular formula is C14H19N3O. The molecular weight excluding hydrogens is 226 g/mol. The topological polar surface area (TPSA) is 53.1 Å². The van der Waals surface area contributed by atoms with Gasteiger partial charge in [0.1, 0.15) is 5.82 Å². The van der Waals surface area contributed by atoms with Crippen molar-refractivity contribution in [2.24, 2.45) is 5.92 Å². The molecule has 2 aromatic rings. The molecule has 1 aliphatic rings. The average Bonchev–Trinajstić information content (AvgIpc) is 2.66. The van der Waals surface area contributed by atoms with Gasteiger partial charge in [0, 0.05) is 24.8 Å². The van der Waals surface area contributed by atoms with Crippen LogP contribution in [-0.2, 0) is 11.3 Å². The first-order valence-corrected chi connectivity index (χ1v) is 6.54. The largest absolute Gasteiger partial charge is 0.399 e. The van der Waals surface area contributed by atoms with Crippen molar-refractivity contribution < 1.29 is 4.74 Å². The summed E-state index contributed by atoms with van der Waals surface area (Å²) in [6.07, 6.45) is 2.41. The number of nitrogens with two attached hydrogens (primary N) is 1. The maximum absolute atomic E-state index is 5.80. The number of rotatable bonds is 2. The van der Waals surface area contributed by atoms with Crippen molar-refractivity contribution in [1.29, 1.82) is 0 Å². The number of aryl methyl sites for hydroxylation is 1. The van der Waals surface area contributed by atoms with Gasteiger partial charge in [0.15, 0.2) is 0 Å². The van der Waals surface area contributed by atoms with Gasteiger partial charge in [-0.3, -0.25) is 0 Å². The van der Waals surface area contributed by atoms with Crippen LogP contribution in [-0.4, -0.2) is 22.8 Å². The lowest BCUT2D eigenvalue weighted by atomic mass is 10.0. The Labute approximate surface area is 107 Å². The predicted molar refractivity (Wildman–Crippen MR) is 72.4 cm³/mol. The molecule has 18 heavy (non-hydrogen) atoms. The quantitative estimate of drug-likeness (QED) is 0.826. The molecule has 2 heterocycles. The Bertz CT molecular complexity index is 555. The zero-order valence-corrected chi connectivity index (χ0v) is 10.7. The molecule has 96 valence electrons. The highest BCUT2D eigenvalue weighted by atomic mass is 16.5. The van der Waals surface area contributed by atoms with E-state index in [9.17, 15) is 0 Å². The van der Waals surface area contributed by atoms with Crippen molar-refractivity contribution in [3.05, 3.63) is 24.0 Å². The number of aromatic nitrogens is 2. The van der Waals surface area contributed by atoms with Crippen molar-refractivity contribution in [3.8, 4) is 0 Å². The summed E-state index contributed by atoms with van der Waals surface area (Å²) in [6.45, 7) is 4.83. The molecule has 0 aliphatic carbocycles. The number of nitrogens with zero attached hydrogens (tertiary/aromatic N) is 2. The van der Waals surface area contributed by atoms with E-state index in [1.165, 1.54) is 18.4 Å². The molecule has 0 saturated carbocycles. The molecule has 1 aliphatic heterocycles. The fourth-order valence-electron chi connectivity index (χ4n) is 2.71. The van der Waals surface area contributed by atoms with E-state index in [1.54, 1.807) is 0 Å². The molecule has 0 radical (unpaired) electrons. The van der Waals surface area contributed by atoms with Gasteiger partial charge in [-0.2, -0.15) is 0 Å². The molecule has 1 saturated heterocycles. The zero-order chi connectivity index (χ0) is 12.5. The lowest BCUT2D eigenvalue weighted by molar-refractivity contribution is 0.0486. The Morgan fingerprint density at radius 2 is 2.39 bits per heavy atom. The maximum Gasteiger partial charge on any atom is 0.106 e. The van der Waals surface area contributed by atoms with Gasteiger partial charge in [-0.15, -0.1) is 0 Å². The minimum atomic E-state index is 0.604. The van der Waals surface area contributed by atoms with Crippen LogP contribution in [0.2, 0.25) is 0 Å². The second kappa shape index (κ2) is 4.61. The molecule has 1 aromatic heterocycles. The Morgan fingerprint density at radius 1 is 1.50 bits per heavy atom. The van der Waals surface area contributed by atoms with Crippen LogP contribution in [0.5, 0.6) is 0 Å². The minimum absolute atomic E-state index is 0.604. The predicted octanol–water partition coefficient (Wildman–Crippen LogP) is 2.35. The van der Waals surface area contributed by atoms with Crippen LogP contribution in [0.1, 0.15) is 18.7 Å². The molecule has 1 unspecified atom stereocenters. The molecule has 2 N–H and O–H groups in total. The monoisotopic (exact) mass is 245 g/mol. The third kappa shape index (κ3) is 2.08. The van der Waals surface area contributed by atoms with Crippen molar-refractivity contribution >= 4 is 16.7 Å². The summed E-state index contributed by atoms with van der Waals surface area (Å²) >= 11 is 0. The Kier molecular flexibility index (Phi) is 2.96. The molecule has 4 heteroatoms. The van der Waals surface area contributed by atoms with Crippen LogP contribution in [0.25, 0.3) is 11.0 Å². The smallest absolute Gasteiger partial charge is 0.106 e. The van der Waals surface area contributed by atoms with E-state index in [-0.39, 0.29) is 0 Å². The van der Waals surface area contributed by atoms with E-state index in [4.69, 9.17) is 10.5 Å². The van der Waals surface area contributed by atoms with Gasteiger partial charge in [-0.05, 0) is 38.0 Å². The van der Waals surface area contributed by atoms with E-state index in [2.05, 4.69) is 22.5 Å². The molecule has 3 rings (SSSR count). The first-order valence-electron chi connectivity index (χ1n) is 6.54. The van der Waals surface area contributed by atoms with E-state index in [0.29, 0.717) is 5.92 Å². The lowest BCUT2D eigenvalue weighted by Gasteiger charge is -2.23. The molecule has 4 nitrogen and oxygen atoms in total. The highest BCUT2D eigenvalue weighted by Crippen LogP contribution is 2.22. The van der Waals surface area contributed by atoms with Crippen molar-refractivity contribution in [2.45, 2.75) is 26.3 Å². The third-order valence-electron chi connectivity index (χ3n) is 3.66. The lowest BCUT2D eigenvalue weighted by Crippen LogP contribution is -2.22. The number of imidazole rings is 1. The van der Waals surface area contributed by atoms with E-state index in [1.807, 2.05) is 12.1 Å². The van der Waals surface area contributed by atoms with E-state index < -0.39 is 0 Å². The van der Waals surface area contributed by atoms with Crippen LogP contribution in [0.4, 0.5) is 5.69 Å². The molecule has 0 spiro atoms. The minimum Gasteiger partial charge on any atom is -0.399 e. The van der Waals surface area contributed by atoms with Crippen LogP contribution < -0.4 is 5.73 Å². The van der Waals surface area contributed by atoms with Crippen molar-refractivity contribution in [3.63, 3.8) is 0 Å². The van der Waals surface area contributed by atoms with Gasteiger partial charge in [0.25, 0.3) is 0 Å². The summed E-state index contributed by atoms with van der Waals surface area (Å²) in [6, 6.07) is 5.95. The number of benzene rings is 1. The van der Waals surface area contributed by atoms with Crippen molar-refractivity contribution in [1.82, 2.24) is 9.55 Å². The SMILES string of the molecule is Cc1nc2cc(N)ccc2n1CC1CCCOC1. The summed E-state index contributed by atoms with van der Waals surface area (Å²) in [5.74, 6) is 1.66. The van der Waals surface area contributed by atoms with Crippen molar-refractivity contribution in [2.75, 3.05) is 18.9 Å². The first-order chi connectivity index (χ1) is 8.74. The van der Waals surface area contributed by atoms with Crippen LogP contribution in [0, 0.1) is 12.8 Å². The maximum atomic E-state index is 5.80. The van der Waals surface area contributed by atoms with Gasteiger partial charge in [-0.1, -0.05) is 0 Å². The molecule has 0 bridgehead atoms. The van der Waals surface area contributed by atoms with E-state index >= 15 is 0 Å². The number of hydrogen-bond acceptors (Lipinski definition) is 3. The third-order valence-corrected chi connectivity index (χ3v) is 3.66. The number of fused-ring (bicyclic) bond motifs is 1. The van der Waals surface area contributed by atoms with Gasteiger partial charge >= 0.3 is 0 Å². The van der Waals surface area contributed by atoms with E-state index in [0.717, 1.165) is 36.8 Å². The molecule has 1 fully saturated rings. The van der Waals surface area contributed by atoms with Crippen LogP contribution in [0.15, 0.2) is 18.2 Å². The summed E-state index contributed by atoms with van der Waals surface area (Å²) in [5.41, 5.74) is 8.73. The van der Waals surface area contributed by atoms with Crippen LogP contribution >= 0.6 is 0 Å². The van der Waals surface area contributed by atoms with Gasteiger partial charge in [0.2, 0.25) is 0 Å². The zero-order valence-electron chi connectivity index (χ0n) is 10.7. The average molecular weight is 245 g/mol. The summed E-state index contributed by atoms with van der Waals surface area (Å²) < 4.78 is 7.83. The normalized spacial score (nSPS) is 20.4. The second-order valence-electron chi connectivity index (χ2n) is 5.10. The van der Waals surface area contributed by atoms with Gasteiger partial charge in [0.05, 0.1) is 17.6 Å². The highest BCUT2D eigenvalue weighted by molar-refractivity contribution is 5.79. The number of anilines is 1.